The number of carbonyl (C=O) groups is 2. The van der Waals surface area contributed by atoms with Gasteiger partial charge in [0.2, 0.25) is 0 Å². The van der Waals surface area contributed by atoms with Crippen LogP contribution in [0.3, 0.4) is 0 Å². The van der Waals surface area contributed by atoms with Crippen molar-refractivity contribution in [3.63, 3.8) is 0 Å². The standard InChI is InChI=1S/C9H14O5/c1-6(11)13-3-2-9-8(12)4-7(5-10)14-9/h7,9-10H,2-5H2,1H3/t7-,9-/m0/s1. The molecule has 1 fully saturated rings. The average Bonchev–Trinajstić information content (AvgIpc) is 2.47. The molecule has 0 saturated carbocycles. The molecule has 0 amide bonds. The lowest BCUT2D eigenvalue weighted by Gasteiger charge is -2.09. The predicted molar refractivity (Wildman–Crippen MR) is 46.6 cm³/mol. The first kappa shape index (κ1) is 11.1. The SMILES string of the molecule is CC(=O)OCC[C@@H]1O[C@H](CO)CC1=O. The van der Waals surface area contributed by atoms with Gasteiger partial charge in [-0.05, 0) is 0 Å². The fourth-order valence-corrected chi connectivity index (χ4v) is 1.36. The molecule has 0 aliphatic carbocycles. The molecule has 0 aromatic heterocycles. The first-order valence-electron chi connectivity index (χ1n) is 4.56. The van der Waals surface area contributed by atoms with E-state index in [1.165, 1.54) is 6.92 Å². The van der Waals surface area contributed by atoms with Crippen LogP contribution in [0.5, 0.6) is 0 Å². The molecule has 0 radical (unpaired) electrons. The molecule has 1 rings (SSSR count). The van der Waals surface area contributed by atoms with Gasteiger partial charge in [0.1, 0.15) is 6.10 Å². The average molecular weight is 202 g/mol. The maximum absolute atomic E-state index is 11.2. The molecular formula is C9H14O5. The third-order valence-corrected chi connectivity index (χ3v) is 2.03. The summed E-state index contributed by atoms with van der Waals surface area (Å²) < 4.78 is 9.90. The van der Waals surface area contributed by atoms with Crippen molar-refractivity contribution in [1.82, 2.24) is 0 Å². The van der Waals surface area contributed by atoms with Gasteiger partial charge in [-0.1, -0.05) is 0 Å². The van der Waals surface area contributed by atoms with Crippen molar-refractivity contribution in [2.45, 2.75) is 32.0 Å². The number of carbonyl (C=O) groups excluding carboxylic acids is 2. The van der Waals surface area contributed by atoms with E-state index in [1.807, 2.05) is 0 Å². The molecule has 0 unspecified atom stereocenters. The van der Waals surface area contributed by atoms with Crippen LogP contribution in [0, 0.1) is 0 Å². The Morgan fingerprint density at radius 1 is 1.71 bits per heavy atom. The second-order valence-electron chi connectivity index (χ2n) is 3.23. The highest BCUT2D eigenvalue weighted by molar-refractivity contribution is 5.85. The van der Waals surface area contributed by atoms with Crippen molar-refractivity contribution in [3.8, 4) is 0 Å². The zero-order valence-corrected chi connectivity index (χ0v) is 8.06. The third kappa shape index (κ3) is 3.08. The topological polar surface area (TPSA) is 72.8 Å². The van der Waals surface area contributed by atoms with Gasteiger partial charge in [-0.25, -0.2) is 0 Å². The second-order valence-corrected chi connectivity index (χ2v) is 3.23. The number of esters is 1. The molecule has 1 N–H and O–H groups in total. The van der Waals surface area contributed by atoms with Gasteiger partial charge in [-0.2, -0.15) is 0 Å². The first-order valence-corrected chi connectivity index (χ1v) is 4.56. The Morgan fingerprint density at radius 2 is 2.43 bits per heavy atom. The largest absolute Gasteiger partial charge is 0.466 e. The number of aliphatic hydroxyl groups excluding tert-OH is 1. The summed E-state index contributed by atoms with van der Waals surface area (Å²) in [6, 6.07) is 0. The Bertz CT molecular complexity index is 225. The molecule has 0 aromatic rings. The van der Waals surface area contributed by atoms with Crippen LogP contribution in [-0.4, -0.2) is 42.3 Å². The van der Waals surface area contributed by atoms with Crippen LogP contribution < -0.4 is 0 Å². The summed E-state index contributed by atoms with van der Waals surface area (Å²) in [6.07, 6.45) is -0.285. The van der Waals surface area contributed by atoms with E-state index in [9.17, 15) is 9.59 Å². The Morgan fingerprint density at radius 3 is 2.93 bits per heavy atom. The Balaban J connectivity index is 2.25. The molecule has 5 heteroatoms. The smallest absolute Gasteiger partial charge is 0.302 e. The van der Waals surface area contributed by atoms with Gasteiger partial charge in [0.15, 0.2) is 5.78 Å². The van der Waals surface area contributed by atoms with Crippen LogP contribution in [0.15, 0.2) is 0 Å². The van der Waals surface area contributed by atoms with Gasteiger partial charge in [-0.15, -0.1) is 0 Å². The Kier molecular flexibility index (Phi) is 4.03. The fraction of sp³-hybridized carbons (Fsp3) is 0.778. The summed E-state index contributed by atoms with van der Waals surface area (Å²) in [5.41, 5.74) is 0. The Labute approximate surface area is 82.0 Å². The minimum absolute atomic E-state index is 0.0313. The van der Waals surface area contributed by atoms with Gasteiger partial charge < -0.3 is 14.6 Å². The van der Waals surface area contributed by atoms with Crippen molar-refractivity contribution < 1.29 is 24.2 Å². The molecule has 2 atom stereocenters. The molecule has 1 aliphatic rings. The summed E-state index contributed by atoms with van der Waals surface area (Å²) >= 11 is 0. The highest BCUT2D eigenvalue weighted by Gasteiger charge is 2.32. The van der Waals surface area contributed by atoms with E-state index in [4.69, 9.17) is 9.84 Å². The summed E-state index contributed by atoms with van der Waals surface area (Å²) in [5.74, 6) is -0.398. The van der Waals surface area contributed by atoms with Crippen LogP contribution in [-0.2, 0) is 19.1 Å². The molecule has 1 saturated heterocycles. The molecule has 5 nitrogen and oxygen atoms in total. The lowest BCUT2D eigenvalue weighted by molar-refractivity contribution is -0.142. The Hall–Kier alpha value is -0.940. The maximum atomic E-state index is 11.2. The number of aliphatic hydroxyl groups is 1. The van der Waals surface area contributed by atoms with Crippen LogP contribution in [0.4, 0.5) is 0 Å². The van der Waals surface area contributed by atoms with E-state index in [-0.39, 0.29) is 37.5 Å². The third-order valence-electron chi connectivity index (χ3n) is 2.03. The summed E-state index contributed by atoms with van der Waals surface area (Å²) in [7, 11) is 0. The molecular weight excluding hydrogens is 188 g/mol. The van der Waals surface area contributed by atoms with Gasteiger partial charge in [-0.3, -0.25) is 9.59 Å². The zero-order valence-electron chi connectivity index (χ0n) is 8.06. The number of ketones is 1. The van der Waals surface area contributed by atoms with Crippen molar-refractivity contribution in [2.75, 3.05) is 13.2 Å². The molecule has 0 aromatic carbocycles. The van der Waals surface area contributed by atoms with Crippen LogP contribution in [0.1, 0.15) is 19.8 Å². The lowest BCUT2D eigenvalue weighted by Crippen LogP contribution is -2.19. The van der Waals surface area contributed by atoms with Crippen molar-refractivity contribution in [3.05, 3.63) is 0 Å². The number of Topliss-reactive ketones (excluding diaryl/α,β-unsaturated/α-hetero) is 1. The summed E-state index contributed by atoms with van der Waals surface area (Å²) in [4.78, 5) is 21.7. The van der Waals surface area contributed by atoms with E-state index >= 15 is 0 Å². The fourth-order valence-electron chi connectivity index (χ4n) is 1.36. The van der Waals surface area contributed by atoms with Crippen LogP contribution >= 0.6 is 0 Å². The summed E-state index contributed by atoms with van der Waals surface area (Å²) in [5, 5.41) is 8.75. The van der Waals surface area contributed by atoms with Gasteiger partial charge >= 0.3 is 5.97 Å². The quantitative estimate of drug-likeness (QED) is 0.631. The van der Waals surface area contributed by atoms with Crippen molar-refractivity contribution in [1.29, 1.82) is 0 Å². The van der Waals surface area contributed by atoms with E-state index in [2.05, 4.69) is 4.74 Å². The van der Waals surface area contributed by atoms with Crippen molar-refractivity contribution in [2.24, 2.45) is 0 Å². The minimum atomic E-state index is -0.522. The highest BCUT2D eigenvalue weighted by atomic mass is 16.5. The number of rotatable bonds is 4. The van der Waals surface area contributed by atoms with Crippen molar-refractivity contribution >= 4 is 11.8 Å². The predicted octanol–water partition coefficient (Wildman–Crippen LogP) is -0.342. The zero-order chi connectivity index (χ0) is 10.6. The highest BCUT2D eigenvalue weighted by Crippen LogP contribution is 2.18. The van der Waals surface area contributed by atoms with E-state index in [0.29, 0.717) is 6.42 Å². The number of ether oxygens (including phenoxy) is 2. The van der Waals surface area contributed by atoms with Gasteiger partial charge in [0, 0.05) is 19.8 Å². The maximum Gasteiger partial charge on any atom is 0.302 e. The lowest BCUT2D eigenvalue weighted by atomic mass is 10.1. The molecule has 14 heavy (non-hydrogen) atoms. The van der Waals surface area contributed by atoms with Crippen LogP contribution in [0.25, 0.3) is 0 Å². The molecule has 80 valence electrons. The van der Waals surface area contributed by atoms with E-state index in [1.54, 1.807) is 0 Å². The molecule has 1 aliphatic heterocycles. The minimum Gasteiger partial charge on any atom is -0.466 e. The van der Waals surface area contributed by atoms with E-state index < -0.39 is 6.10 Å². The second kappa shape index (κ2) is 5.07. The van der Waals surface area contributed by atoms with E-state index in [0.717, 1.165) is 0 Å². The molecule has 0 spiro atoms. The first-order chi connectivity index (χ1) is 6.63. The normalized spacial score (nSPS) is 26.6. The summed E-state index contributed by atoms with van der Waals surface area (Å²) in [6.45, 7) is 1.35. The van der Waals surface area contributed by atoms with Crippen LogP contribution in [0.2, 0.25) is 0 Å². The monoisotopic (exact) mass is 202 g/mol. The molecule has 1 heterocycles. The number of hydrogen-bond donors (Lipinski definition) is 1. The van der Waals surface area contributed by atoms with Gasteiger partial charge in [0.05, 0.1) is 19.3 Å². The molecule has 0 bridgehead atoms. The number of hydrogen-bond acceptors (Lipinski definition) is 5. The van der Waals surface area contributed by atoms with Gasteiger partial charge in [0.25, 0.3) is 0 Å².